The average molecular weight is 289 g/mol. The van der Waals surface area contributed by atoms with E-state index < -0.39 is 0 Å². The highest BCUT2D eigenvalue weighted by Gasteiger charge is 2.24. The minimum atomic E-state index is 0.547. The van der Waals surface area contributed by atoms with Gasteiger partial charge in [-0.3, -0.25) is 0 Å². The van der Waals surface area contributed by atoms with E-state index in [-0.39, 0.29) is 0 Å². The van der Waals surface area contributed by atoms with Crippen LogP contribution in [-0.2, 0) is 0 Å². The molecule has 0 amide bonds. The van der Waals surface area contributed by atoms with Crippen molar-refractivity contribution in [2.75, 3.05) is 44.3 Å². The molecule has 1 fully saturated rings. The molecule has 2 aliphatic heterocycles. The third-order valence-corrected chi connectivity index (χ3v) is 3.82. The lowest BCUT2D eigenvalue weighted by molar-refractivity contribution is 0.172. The van der Waals surface area contributed by atoms with Crippen LogP contribution in [0.2, 0.25) is 5.02 Å². The zero-order valence-electron chi connectivity index (χ0n) is 9.86. The molecule has 1 aromatic rings. The number of piperazine rings is 1. The van der Waals surface area contributed by atoms with Crippen molar-refractivity contribution >= 4 is 29.1 Å². The summed E-state index contributed by atoms with van der Waals surface area (Å²) in [5, 5.41) is 0.601. The first-order chi connectivity index (χ1) is 8.75. The van der Waals surface area contributed by atoms with Gasteiger partial charge in [0.1, 0.15) is 13.2 Å². The molecule has 0 saturated carbocycles. The van der Waals surface area contributed by atoms with Gasteiger partial charge in [-0.25, -0.2) is 4.42 Å². The Labute approximate surface area is 116 Å². The Bertz CT molecular complexity index is 448. The van der Waals surface area contributed by atoms with Gasteiger partial charge in [0, 0.05) is 26.2 Å². The Morgan fingerprint density at radius 1 is 0.944 bits per heavy atom. The smallest absolute Gasteiger partial charge is 0.186 e. The molecule has 3 rings (SSSR count). The molecule has 0 N–H and O–H groups in total. The van der Waals surface area contributed by atoms with Gasteiger partial charge < -0.3 is 14.4 Å². The second-order valence-corrected chi connectivity index (χ2v) is 5.20. The molecule has 2 heterocycles. The third-order valence-electron chi connectivity index (χ3n) is 3.19. The predicted molar refractivity (Wildman–Crippen MR) is 72.1 cm³/mol. The van der Waals surface area contributed by atoms with Crippen molar-refractivity contribution < 1.29 is 9.47 Å². The summed E-state index contributed by atoms with van der Waals surface area (Å²) in [5.41, 5.74) is 1.04. The molecule has 0 spiro atoms. The van der Waals surface area contributed by atoms with Crippen molar-refractivity contribution in [1.29, 1.82) is 0 Å². The number of halogens is 2. The van der Waals surface area contributed by atoms with Crippen molar-refractivity contribution in [3.63, 3.8) is 0 Å². The van der Waals surface area contributed by atoms with Gasteiger partial charge in [-0.15, -0.1) is 0 Å². The molecular weight excluding hydrogens is 275 g/mol. The highest BCUT2D eigenvalue weighted by molar-refractivity contribution is 6.32. The van der Waals surface area contributed by atoms with Gasteiger partial charge >= 0.3 is 0 Å². The number of fused-ring (bicyclic) bond motifs is 1. The Kier molecular flexibility index (Phi) is 3.41. The SMILES string of the molecule is Clc1ccc(N2CCN(Cl)CC2)c2c1OCCO2. The molecule has 1 saturated heterocycles. The fourth-order valence-corrected chi connectivity index (χ4v) is 2.62. The van der Waals surface area contributed by atoms with Crippen molar-refractivity contribution in [2.45, 2.75) is 0 Å². The second-order valence-electron chi connectivity index (χ2n) is 4.32. The Morgan fingerprint density at radius 2 is 1.61 bits per heavy atom. The first-order valence-electron chi connectivity index (χ1n) is 5.99. The van der Waals surface area contributed by atoms with Crippen LogP contribution in [0.5, 0.6) is 11.5 Å². The standard InChI is InChI=1S/C12H14Cl2N2O2/c13-9-1-2-10(12-11(9)17-7-8-18-12)15-3-5-16(14)6-4-15/h1-2H,3-8H2. The summed E-state index contributed by atoms with van der Waals surface area (Å²) in [6.45, 7) is 4.53. The summed E-state index contributed by atoms with van der Waals surface area (Å²) in [6.07, 6.45) is 0. The van der Waals surface area contributed by atoms with Gasteiger partial charge in [0.25, 0.3) is 0 Å². The monoisotopic (exact) mass is 288 g/mol. The summed E-state index contributed by atoms with van der Waals surface area (Å²) < 4.78 is 13.1. The fourth-order valence-electron chi connectivity index (χ4n) is 2.26. The van der Waals surface area contributed by atoms with E-state index >= 15 is 0 Å². The normalized spacial score (nSPS) is 20.0. The van der Waals surface area contributed by atoms with E-state index in [1.165, 1.54) is 0 Å². The number of hydrogen-bond acceptors (Lipinski definition) is 4. The van der Waals surface area contributed by atoms with Crippen LogP contribution >= 0.6 is 23.4 Å². The molecule has 0 aromatic heterocycles. The molecule has 98 valence electrons. The van der Waals surface area contributed by atoms with Crippen molar-refractivity contribution in [3.8, 4) is 11.5 Å². The lowest BCUT2D eigenvalue weighted by Crippen LogP contribution is -2.42. The molecule has 0 atom stereocenters. The summed E-state index contributed by atoms with van der Waals surface area (Å²) in [6, 6.07) is 3.84. The molecule has 0 bridgehead atoms. The van der Waals surface area contributed by atoms with Gasteiger partial charge in [-0.05, 0) is 23.9 Å². The summed E-state index contributed by atoms with van der Waals surface area (Å²) >= 11 is 12.1. The molecule has 0 aliphatic carbocycles. The van der Waals surface area contributed by atoms with Gasteiger partial charge in [0.2, 0.25) is 0 Å². The van der Waals surface area contributed by atoms with Crippen LogP contribution in [0.3, 0.4) is 0 Å². The van der Waals surface area contributed by atoms with Gasteiger partial charge in [0.05, 0.1) is 10.7 Å². The van der Waals surface area contributed by atoms with E-state index in [2.05, 4.69) is 4.90 Å². The summed E-state index contributed by atoms with van der Waals surface area (Å²) in [5.74, 6) is 1.42. The fraction of sp³-hybridized carbons (Fsp3) is 0.500. The molecular formula is C12H14Cl2N2O2. The number of rotatable bonds is 1. The highest BCUT2D eigenvalue weighted by atomic mass is 35.5. The summed E-state index contributed by atoms with van der Waals surface area (Å²) in [4.78, 5) is 2.25. The van der Waals surface area contributed by atoms with Crippen LogP contribution in [0.25, 0.3) is 0 Å². The zero-order valence-corrected chi connectivity index (χ0v) is 11.4. The first-order valence-corrected chi connectivity index (χ1v) is 6.71. The number of nitrogens with zero attached hydrogens (tertiary/aromatic N) is 2. The topological polar surface area (TPSA) is 24.9 Å². The Hall–Kier alpha value is -0.840. The Morgan fingerprint density at radius 3 is 2.33 bits per heavy atom. The molecule has 1 aromatic carbocycles. The lowest BCUT2D eigenvalue weighted by atomic mass is 10.2. The maximum absolute atomic E-state index is 6.12. The molecule has 4 nitrogen and oxygen atoms in total. The van der Waals surface area contributed by atoms with Crippen LogP contribution in [0.4, 0.5) is 5.69 Å². The maximum Gasteiger partial charge on any atom is 0.186 e. The largest absolute Gasteiger partial charge is 0.484 e. The van der Waals surface area contributed by atoms with Crippen LogP contribution in [0, 0.1) is 0 Å². The van der Waals surface area contributed by atoms with Crippen molar-refractivity contribution in [3.05, 3.63) is 17.2 Å². The van der Waals surface area contributed by atoms with E-state index in [1.807, 2.05) is 12.1 Å². The third kappa shape index (κ3) is 2.20. The number of anilines is 1. The average Bonchev–Trinajstić information content (AvgIpc) is 2.41. The van der Waals surface area contributed by atoms with E-state index in [9.17, 15) is 0 Å². The van der Waals surface area contributed by atoms with Crippen LogP contribution in [0.1, 0.15) is 0 Å². The van der Waals surface area contributed by atoms with E-state index in [0.29, 0.717) is 24.0 Å². The van der Waals surface area contributed by atoms with Crippen LogP contribution in [0.15, 0.2) is 12.1 Å². The lowest BCUT2D eigenvalue weighted by Gasteiger charge is -2.34. The predicted octanol–water partition coefficient (Wildman–Crippen LogP) is 2.39. The number of ether oxygens (including phenoxy) is 2. The van der Waals surface area contributed by atoms with E-state index in [4.69, 9.17) is 32.9 Å². The maximum atomic E-state index is 6.12. The van der Waals surface area contributed by atoms with Gasteiger partial charge in [-0.2, -0.15) is 0 Å². The van der Waals surface area contributed by atoms with E-state index in [0.717, 1.165) is 37.6 Å². The summed E-state index contributed by atoms with van der Waals surface area (Å²) in [7, 11) is 0. The molecule has 18 heavy (non-hydrogen) atoms. The molecule has 2 aliphatic rings. The molecule has 6 heteroatoms. The van der Waals surface area contributed by atoms with Crippen molar-refractivity contribution in [2.24, 2.45) is 0 Å². The zero-order chi connectivity index (χ0) is 12.5. The number of hydrogen-bond donors (Lipinski definition) is 0. The highest BCUT2D eigenvalue weighted by Crippen LogP contribution is 2.44. The van der Waals surface area contributed by atoms with Gasteiger partial charge in [-0.1, -0.05) is 11.6 Å². The quantitative estimate of drug-likeness (QED) is 0.741. The minimum Gasteiger partial charge on any atom is -0.484 e. The Balaban J connectivity index is 1.92. The first kappa shape index (κ1) is 12.2. The van der Waals surface area contributed by atoms with Crippen LogP contribution < -0.4 is 14.4 Å². The minimum absolute atomic E-state index is 0.547. The number of benzene rings is 1. The molecule has 0 unspecified atom stereocenters. The van der Waals surface area contributed by atoms with Gasteiger partial charge in [0.15, 0.2) is 11.5 Å². The molecule has 0 radical (unpaired) electrons. The van der Waals surface area contributed by atoms with E-state index in [1.54, 1.807) is 4.42 Å². The van der Waals surface area contributed by atoms with Crippen molar-refractivity contribution in [1.82, 2.24) is 4.42 Å². The van der Waals surface area contributed by atoms with Crippen LogP contribution in [-0.4, -0.2) is 43.8 Å². The second kappa shape index (κ2) is 5.03.